The fourth-order valence-electron chi connectivity index (χ4n) is 10.8. The molecule has 0 saturated heterocycles. The van der Waals surface area contributed by atoms with Crippen LogP contribution in [0, 0.1) is 107 Å². The van der Waals surface area contributed by atoms with Gasteiger partial charge in [0.2, 0.25) is 0 Å². The molecular weight excluding hydrogens is 1190 g/mol. The average Bonchev–Trinajstić information content (AvgIpc) is 4.09. The topological polar surface area (TPSA) is 0 Å². The Labute approximate surface area is 464 Å². The molecule has 24 heteroatoms. The van der Waals surface area contributed by atoms with Gasteiger partial charge in [0.25, 0.3) is 0 Å². The second kappa shape index (κ2) is 18.1. The van der Waals surface area contributed by atoms with E-state index in [2.05, 4.69) is 23.7 Å². The van der Waals surface area contributed by atoms with E-state index in [-0.39, 0.29) is 82.2 Å². The van der Waals surface area contributed by atoms with Gasteiger partial charge in [0, 0.05) is 96.1 Å². The normalized spacial score (nSPS) is 20.8. The summed E-state index contributed by atoms with van der Waals surface area (Å²) in [7, 11) is 0. The van der Waals surface area contributed by atoms with Gasteiger partial charge < -0.3 is 0 Å². The molecule has 0 amide bonds. The van der Waals surface area contributed by atoms with Gasteiger partial charge in [-0.2, -0.15) is 79.0 Å². The highest BCUT2D eigenvalue weighted by molar-refractivity contribution is 7.14. The molecule has 6 heterocycles. The van der Waals surface area contributed by atoms with Gasteiger partial charge in [0.15, 0.2) is 0 Å². The first-order chi connectivity index (χ1) is 36.0. The van der Waals surface area contributed by atoms with Crippen molar-refractivity contribution in [1.82, 2.24) is 0 Å². The first kappa shape index (κ1) is 58.9. The third-order valence-corrected chi connectivity index (χ3v) is 21.2. The van der Waals surface area contributed by atoms with Crippen molar-refractivity contribution in [3.63, 3.8) is 0 Å². The van der Waals surface area contributed by atoms with E-state index in [9.17, 15) is 0 Å². The summed E-state index contributed by atoms with van der Waals surface area (Å²) >= 11 is 4.34. The number of hydrogen-bond donors (Lipinski definition) is 0. The summed E-state index contributed by atoms with van der Waals surface area (Å²) in [5.74, 6) is -39.9. The molecule has 420 valence electrons. The van der Waals surface area contributed by atoms with Crippen molar-refractivity contribution in [2.75, 3.05) is 0 Å². The lowest BCUT2D eigenvalue weighted by Crippen LogP contribution is -2.49. The molecule has 0 nitrogen and oxygen atoms in total. The fourth-order valence-corrected chi connectivity index (χ4v) is 16.6. The highest BCUT2D eigenvalue weighted by Crippen LogP contribution is 2.70. The second-order valence-corrected chi connectivity index (χ2v) is 26.6. The molecule has 0 unspecified atom stereocenters. The van der Waals surface area contributed by atoms with E-state index < -0.39 is 120 Å². The molecule has 0 spiro atoms. The molecule has 0 radical (unpaired) electrons. The lowest BCUT2D eigenvalue weighted by molar-refractivity contribution is -0.254. The molecule has 0 aliphatic heterocycles. The lowest BCUT2D eigenvalue weighted by Gasteiger charge is -2.26. The molecule has 79 heavy (non-hydrogen) atoms. The molecule has 0 N–H and O–H groups in total. The largest absolute Gasteiger partial charge is 0.380 e. The molecule has 0 atom stereocenters. The van der Waals surface area contributed by atoms with Gasteiger partial charge in [-0.3, -0.25) is 0 Å². The summed E-state index contributed by atoms with van der Waals surface area (Å²) in [6, 6.07) is 0. The van der Waals surface area contributed by atoms with Crippen LogP contribution in [0.1, 0.15) is 116 Å². The number of aryl methyl sites for hydroxylation is 8. The van der Waals surface area contributed by atoms with Crippen molar-refractivity contribution in [3.8, 4) is 23.7 Å². The summed E-state index contributed by atoms with van der Waals surface area (Å²) in [4.78, 5) is -1.05. The molecule has 3 aliphatic rings. The molecule has 6 aromatic heterocycles. The van der Waals surface area contributed by atoms with Crippen LogP contribution in [0.15, 0.2) is 10.8 Å². The van der Waals surface area contributed by atoms with Crippen molar-refractivity contribution >= 4 is 101 Å². The smallest absolute Gasteiger partial charge is 0.194 e. The van der Waals surface area contributed by atoms with E-state index in [0.29, 0.717) is 45.3 Å². The Morgan fingerprint density at radius 1 is 0.266 bits per heavy atom. The SMILES string of the molecule is Cc1csc(C)c1C1=C(c2c(C)sc(C#Cc3sc(C)c(C4=C(c5c(C)sc(C#Cc6sc(C)c(C7=C(c8c(C)csc8C)C(F)(F)C(F)(F)C7(F)F)c6C)c5C)C(F)(F)C(F)(F)C4(F)F)c3C)c2C)C(F)(F)C(F)(F)C1(F)F. The van der Waals surface area contributed by atoms with Crippen molar-refractivity contribution < 1.29 is 79.0 Å². The van der Waals surface area contributed by atoms with Crippen LogP contribution in [-0.4, -0.2) is 53.3 Å². The van der Waals surface area contributed by atoms with E-state index in [1.54, 1.807) is 0 Å². The average molecular weight is 1230 g/mol. The van der Waals surface area contributed by atoms with Crippen LogP contribution in [0.2, 0.25) is 0 Å². The number of alkyl halides is 18. The van der Waals surface area contributed by atoms with Gasteiger partial charge >= 0.3 is 53.3 Å². The Balaban J connectivity index is 1.16. The number of allylic oxidation sites excluding steroid dienone is 6. The minimum atomic E-state index is -6.05. The lowest BCUT2D eigenvalue weighted by atomic mass is 9.90. The van der Waals surface area contributed by atoms with Gasteiger partial charge in [0.05, 0.1) is 19.5 Å². The fraction of sp³-hybridized carbons (Fsp3) is 0.382. The summed E-state index contributed by atoms with van der Waals surface area (Å²) in [5.41, 5.74) is -14.5. The van der Waals surface area contributed by atoms with Crippen molar-refractivity contribution in [1.29, 1.82) is 0 Å². The zero-order valence-corrected chi connectivity index (χ0v) is 47.8. The minimum Gasteiger partial charge on any atom is -0.194 e. The summed E-state index contributed by atoms with van der Waals surface area (Å²) in [6.45, 7) is 14.7. The Morgan fingerprint density at radius 3 is 0.608 bits per heavy atom. The standard InChI is InChI=1S/C55H38F18S6/c1-19-17-74-25(7)35(19)41-43(49(60,61)53(68,69)47(41,56)57)37-21(3)31(76-27(37)9)13-15-33-23(5)39(29(11)78-33)45-46(52(66,67)55(72,73)51(45,64)65)40-24(6)34(79-30(40)12)16-14-32-22(4)38(28(10)77-32)44-42(36-20(2)18-75-26(36)8)48(58,59)54(70,71)50(44,62)63/h17-18H,1-12H3. The van der Waals surface area contributed by atoms with Gasteiger partial charge in [-0.1, -0.05) is 0 Å². The zero-order valence-electron chi connectivity index (χ0n) is 42.9. The van der Waals surface area contributed by atoms with Crippen molar-refractivity contribution in [3.05, 3.63) is 126 Å². The second-order valence-electron chi connectivity index (χ2n) is 19.6. The molecular formula is C55H38F18S6. The molecule has 0 bridgehead atoms. The first-order valence-electron chi connectivity index (χ1n) is 23.2. The minimum absolute atomic E-state index is 0.0475. The van der Waals surface area contributed by atoms with Crippen LogP contribution in [0.5, 0.6) is 0 Å². The summed E-state index contributed by atoms with van der Waals surface area (Å²) in [5, 5.41) is 2.71. The number of halogens is 18. The highest BCUT2D eigenvalue weighted by atomic mass is 32.1. The van der Waals surface area contributed by atoms with Gasteiger partial charge in [-0.25, -0.2) is 0 Å². The van der Waals surface area contributed by atoms with Gasteiger partial charge in [-0.05, 0) is 151 Å². The maximum atomic E-state index is 16.4. The van der Waals surface area contributed by atoms with Crippen LogP contribution in [0.25, 0.3) is 33.4 Å². The van der Waals surface area contributed by atoms with Crippen LogP contribution in [-0.2, 0) is 0 Å². The zero-order chi connectivity index (χ0) is 59.2. The third kappa shape index (κ3) is 7.60. The third-order valence-electron chi connectivity index (χ3n) is 14.7. The van der Waals surface area contributed by atoms with Crippen LogP contribution < -0.4 is 0 Å². The quantitative estimate of drug-likeness (QED) is 0.115. The monoisotopic (exact) mass is 1230 g/mol. The summed E-state index contributed by atoms with van der Waals surface area (Å²) < 4.78 is 285. The van der Waals surface area contributed by atoms with Gasteiger partial charge in [-0.15, -0.1) is 68.0 Å². The van der Waals surface area contributed by atoms with E-state index in [0.717, 1.165) is 36.5 Å². The Morgan fingerprint density at radius 2 is 0.443 bits per heavy atom. The maximum absolute atomic E-state index is 16.4. The van der Waals surface area contributed by atoms with E-state index in [4.69, 9.17) is 0 Å². The molecule has 0 fully saturated rings. The number of rotatable bonds is 6. The Kier molecular flexibility index (Phi) is 13.5. The predicted octanol–water partition coefficient (Wildman–Crippen LogP) is 20.0. The van der Waals surface area contributed by atoms with Crippen molar-refractivity contribution in [2.24, 2.45) is 0 Å². The Bertz CT molecular complexity index is 3590. The molecule has 6 aromatic rings. The van der Waals surface area contributed by atoms with Crippen LogP contribution in [0.4, 0.5) is 79.0 Å². The maximum Gasteiger partial charge on any atom is 0.380 e. The van der Waals surface area contributed by atoms with E-state index >= 15 is 79.0 Å². The van der Waals surface area contributed by atoms with Crippen LogP contribution >= 0.6 is 68.0 Å². The predicted molar refractivity (Wildman–Crippen MR) is 280 cm³/mol. The van der Waals surface area contributed by atoms with Gasteiger partial charge in [0.1, 0.15) is 0 Å². The molecule has 9 rings (SSSR count). The highest BCUT2D eigenvalue weighted by Gasteiger charge is 2.83. The number of thiophene rings is 6. The first-order valence-corrected chi connectivity index (χ1v) is 28.3. The molecule has 0 aromatic carbocycles. The Hall–Kier alpha value is -4.72. The van der Waals surface area contributed by atoms with E-state index in [1.165, 1.54) is 80.0 Å². The number of hydrogen-bond acceptors (Lipinski definition) is 6. The van der Waals surface area contributed by atoms with Crippen molar-refractivity contribution in [2.45, 2.75) is 136 Å². The van der Waals surface area contributed by atoms with Crippen LogP contribution in [0.3, 0.4) is 0 Å². The molecule has 3 aliphatic carbocycles. The summed E-state index contributed by atoms with van der Waals surface area (Å²) in [6.07, 6.45) is 0. The van der Waals surface area contributed by atoms with E-state index in [1.807, 2.05) is 0 Å². The molecule has 0 saturated carbocycles.